The van der Waals surface area contributed by atoms with Crippen LogP contribution in [0.3, 0.4) is 0 Å². The van der Waals surface area contributed by atoms with Crippen molar-refractivity contribution in [1.29, 1.82) is 0 Å². The van der Waals surface area contributed by atoms with Crippen molar-refractivity contribution >= 4 is 23.9 Å². The summed E-state index contributed by atoms with van der Waals surface area (Å²) >= 11 is 0. The SMILES string of the molecule is Cc1cc(C)cc(-c2ncn(/C=C\C(=O)NNC(=O)C(=O)N3CCOCC3)n2)c1. The summed E-state index contributed by atoms with van der Waals surface area (Å²) in [4.78, 5) is 41.2. The van der Waals surface area contributed by atoms with E-state index >= 15 is 0 Å². The van der Waals surface area contributed by atoms with Gasteiger partial charge in [0.05, 0.1) is 13.2 Å². The van der Waals surface area contributed by atoms with E-state index in [1.54, 1.807) is 0 Å². The second kappa shape index (κ2) is 9.11. The van der Waals surface area contributed by atoms with Gasteiger partial charge in [-0.25, -0.2) is 9.67 Å². The lowest BCUT2D eigenvalue weighted by Gasteiger charge is -2.25. The number of amides is 3. The molecule has 1 fully saturated rings. The molecule has 0 unspecified atom stereocenters. The maximum absolute atomic E-state index is 11.9. The number of hydrazine groups is 1. The Balaban J connectivity index is 1.52. The maximum atomic E-state index is 11.9. The van der Waals surface area contributed by atoms with Crippen LogP contribution < -0.4 is 10.9 Å². The molecule has 0 bridgehead atoms. The van der Waals surface area contributed by atoms with Crippen molar-refractivity contribution in [3.63, 3.8) is 0 Å². The molecule has 1 aromatic heterocycles. The molecule has 2 aromatic rings. The van der Waals surface area contributed by atoms with Crippen LogP contribution in [0.2, 0.25) is 0 Å². The number of hydrogen-bond donors (Lipinski definition) is 2. The van der Waals surface area contributed by atoms with Gasteiger partial charge in [-0.3, -0.25) is 25.2 Å². The van der Waals surface area contributed by atoms with Crippen molar-refractivity contribution in [3.8, 4) is 11.4 Å². The number of nitrogens with zero attached hydrogens (tertiary/aromatic N) is 4. The number of aryl methyl sites for hydroxylation is 2. The Hall–Kier alpha value is -3.53. The van der Waals surface area contributed by atoms with E-state index in [1.807, 2.05) is 26.0 Å². The molecule has 3 amide bonds. The fourth-order valence-corrected chi connectivity index (χ4v) is 2.85. The molecule has 10 heteroatoms. The lowest BCUT2D eigenvalue weighted by atomic mass is 10.1. The van der Waals surface area contributed by atoms with Gasteiger partial charge < -0.3 is 9.64 Å². The van der Waals surface area contributed by atoms with Crippen molar-refractivity contribution in [2.75, 3.05) is 26.3 Å². The zero-order chi connectivity index (χ0) is 20.8. The van der Waals surface area contributed by atoms with Gasteiger partial charge in [0.2, 0.25) is 0 Å². The molecule has 3 rings (SSSR count). The highest BCUT2D eigenvalue weighted by Crippen LogP contribution is 2.18. The molecule has 2 N–H and O–H groups in total. The van der Waals surface area contributed by atoms with Crippen molar-refractivity contribution in [3.05, 3.63) is 41.7 Å². The molecule has 1 aliphatic rings. The molecule has 29 heavy (non-hydrogen) atoms. The number of nitrogens with one attached hydrogen (secondary N) is 2. The molecule has 0 saturated carbocycles. The van der Waals surface area contributed by atoms with Gasteiger partial charge in [0.15, 0.2) is 5.82 Å². The Kier molecular flexibility index (Phi) is 6.35. The zero-order valence-corrected chi connectivity index (χ0v) is 16.2. The van der Waals surface area contributed by atoms with Gasteiger partial charge in [-0.1, -0.05) is 17.2 Å². The summed E-state index contributed by atoms with van der Waals surface area (Å²) in [6, 6.07) is 6.01. The van der Waals surface area contributed by atoms with Crippen LogP contribution in [-0.2, 0) is 19.1 Å². The van der Waals surface area contributed by atoms with Gasteiger partial charge in [0, 0.05) is 30.9 Å². The van der Waals surface area contributed by atoms with Crippen LogP contribution in [0.15, 0.2) is 30.6 Å². The quantitative estimate of drug-likeness (QED) is 0.428. The minimum absolute atomic E-state index is 0.342. The predicted octanol–water partition coefficient (Wildman–Crippen LogP) is 0.0388. The topological polar surface area (TPSA) is 118 Å². The first kappa shape index (κ1) is 20.2. The molecule has 152 valence electrons. The normalized spacial score (nSPS) is 14.1. The molecular weight excluding hydrogens is 376 g/mol. The standard InChI is InChI=1S/C19H22N6O4/c1-13-9-14(2)11-15(10-13)17-20-12-25(23-17)4-3-16(26)21-22-18(27)19(28)24-5-7-29-8-6-24/h3-4,9-12H,5-8H2,1-2H3,(H,21,26)(H,22,27)/b4-3-. The van der Waals surface area contributed by atoms with Gasteiger partial charge in [-0.05, 0) is 26.0 Å². The van der Waals surface area contributed by atoms with Crippen molar-refractivity contribution in [2.45, 2.75) is 13.8 Å². The molecule has 0 radical (unpaired) electrons. The average Bonchev–Trinajstić information content (AvgIpc) is 3.19. The predicted molar refractivity (Wildman–Crippen MR) is 104 cm³/mol. The third-order valence-electron chi connectivity index (χ3n) is 4.16. The van der Waals surface area contributed by atoms with E-state index in [-0.39, 0.29) is 0 Å². The number of morpholine rings is 1. The minimum atomic E-state index is -0.911. The van der Waals surface area contributed by atoms with E-state index in [2.05, 4.69) is 27.0 Å². The maximum Gasteiger partial charge on any atom is 0.327 e. The Bertz CT molecular complexity index is 926. The van der Waals surface area contributed by atoms with Gasteiger partial charge >= 0.3 is 11.8 Å². The number of carbonyl (C=O) groups excluding carboxylic acids is 3. The average molecular weight is 398 g/mol. The lowest BCUT2D eigenvalue weighted by molar-refractivity contribution is -0.149. The molecule has 1 aromatic carbocycles. The summed E-state index contributed by atoms with van der Waals surface area (Å²) in [5.74, 6) is -1.71. The molecule has 0 atom stereocenters. The summed E-state index contributed by atoms with van der Waals surface area (Å²) in [6.45, 7) is 5.45. The highest BCUT2D eigenvalue weighted by atomic mass is 16.5. The highest BCUT2D eigenvalue weighted by Gasteiger charge is 2.23. The fraction of sp³-hybridized carbons (Fsp3) is 0.316. The monoisotopic (exact) mass is 398 g/mol. The molecule has 1 saturated heterocycles. The van der Waals surface area contributed by atoms with Gasteiger partial charge in [-0.15, -0.1) is 5.10 Å². The van der Waals surface area contributed by atoms with Crippen molar-refractivity contribution < 1.29 is 19.1 Å². The first-order chi connectivity index (χ1) is 13.9. The molecule has 10 nitrogen and oxygen atoms in total. The van der Waals surface area contributed by atoms with Crippen LogP contribution in [-0.4, -0.2) is 63.7 Å². The number of carbonyl (C=O) groups is 3. The first-order valence-corrected chi connectivity index (χ1v) is 9.07. The molecule has 0 aliphatic carbocycles. The summed E-state index contributed by atoms with van der Waals surface area (Å²) < 4.78 is 6.51. The molecule has 2 heterocycles. The Morgan fingerprint density at radius 3 is 2.45 bits per heavy atom. The lowest BCUT2D eigenvalue weighted by Crippen LogP contribution is -2.52. The van der Waals surface area contributed by atoms with Crippen LogP contribution in [0, 0.1) is 13.8 Å². The second-order valence-corrected chi connectivity index (χ2v) is 6.59. The van der Waals surface area contributed by atoms with E-state index in [4.69, 9.17) is 4.74 Å². The number of aromatic nitrogens is 3. The van der Waals surface area contributed by atoms with Gasteiger partial charge in [-0.2, -0.15) is 0 Å². The Labute approximate surface area is 167 Å². The van der Waals surface area contributed by atoms with Crippen molar-refractivity contribution in [1.82, 2.24) is 30.5 Å². The summed E-state index contributed by atoms with van der Waals surface area (Å²) in [5, 5.41) is 4.30. The van der Waals surface area contributed by atoms with E-state index in [0.717, 1.165) is 16.7 Å². The van der Waals surface area contributed by atoms with E-state index in [9.17, 15) is 14.4 Å². The molecular formula is C19H22N6O4. The van der Waals surface area contributed by atoms with E-state index < -0.39 is 17.7 Å². The van der Waals surface area contributed by atoms with Crippen LogP contribution in [0.25, 0.3) is 17.6 Å². The third-order valence-corrected chi connectivity index (χ3v) is 4.16. The highest BCUT2D eigenvalue weighted by molar-refractivity contribution is 6.35. The summed E-state index contributed by atoms with van der Waals surface area (Å²) in [5.41, 5.74) is 7.35. The second-order valence-electron chi connectivity index (χ2n) is 6.59. The summed E-state index contributed by atoms with van der Waals surface area (Å²) in [6.07, 6.45) is 4.03. The van der Waals surface area contributed by atoms with E-state index in [0.29, 0.717) is 32.1 Å². The summed E-state index contributed by atoms with van der Waals surface area (Å²) in [7, 11) is 0. The zero-order valence-electron chi connectivity index (χ0n) is 16.2. The fourth-order valence-electron chi connectivity index (χ4n) is 2.85. The first-order valence-electron chi connectivity index (χ1n) is 9.07. The van der Waals surface area contributed by atoms with Crippen LogP contribution in [0.5, 0.6) is 0 Å². The Morgan fingerprint density at radius 2 is 1.76 bits per heavy atom. The third kappa shape index (κ3) is 5.48. The van der Waals surface area contributed by atoms with Crippen LogP contribution in [0.1, 0.15) is 11.1 Å². The number of ether oxygens (including phenoxy) is 1. The van der Waals surface area contributed by atoms with E-state index in [1.165, 1.54) is 28.2 Å². The number of rotatable bonds is 3. The largest absolute Gasteiger partial charge is 0.378 e. The molecule has 1 aliphatic heterocycles. The van der Waals surface area contributed by atoms with Crippen LogP contribution >= 0.6 is 0 Å². The van der Waals surface area contributed by atoms with Gasteiger partial charge in [0.1, 0.15) is 6.33 Å². The molecule has 0 spiro atoms. The van der Waals surface area contributed by atoms with Crippen LogP contribution in [0.4, 0.5) is 0 Å². The number of hydrogen-bond acceptors (Lipinski definition) is 6. The Morgan fingerprint density at radius 1 is 1.07 bits per heavy atom. The smallest absolute Gasteiger partial charge is 0.327 e. The minimum Gasteiger partial charge on any atom is -0.378 e. The van der Waals surface area contributed by atoms with Crippen molar-refractivity contribution in [2.24, 2.45) is 0 Å². The van der Waals surface area contributed by atoms with Gasteiger partial charge in [0.25, 0.3) is 5.91 Å². The number of benzene rings is 1.